The number of nitrogens with zero attached hydrogens (tertiary/aromatic N) is 2. The highest BCUT2D eigenvalue weighted by molar-refractivity contribution is 6.01. The fraction of sp³-hybridized carbons (Fsp3) is 0.212. The smallest absolute Gasteiger partial charge is 0.254 e. The number of amides is 2. The van der Waals surface area contributed by atoms with Crippen LogP contribution in [0.1, 0.15) is 21.5 Å². The molecule has 204 valence electrons. The number of piperazine rings is 1. The molecular formula is C33H32N2O5. The lowest BCUT2D eigenvalue weighted by Gasteiger charge is -2.34. The predicted octanol–water partition coefficient (Wildman–Crippen LogP) is 5.28. The molecule has 1 fully saturated rings. The Kier molecular flexibility index (Phi) is 8.01. The van der Waals surface area contributed by atoms with Crippen LogP contribution in [0.4, 0.5) is 0 Å². The molecule has 0 aliphatic carbocycles. The number of fused-ring (bicyclic) bond motifs is 1. The molecule has 7 heteroatoms. The van der Waals surface area contributed by atoms with Gasteiger partial charge in [-0.25, -0.2) is 0 Å². The first-order chi connectivity index (χ1) is 19.5. The molecule has 4 aromatic rings. The van der Waals surface area contributed by atoms with Gasteiger partial charge in [-0.05, 0) is 45.7 Å². The quantitative estimate of drug-likeness (QED) is 0.301. The van der Waals surface area contributed by atoms with Gasteiger partial charge in [0.15, 0.2) is 11.5 Å². The summed E-state index contributed by atoms with van der Waals surface area (Å²) < 4.78 is 16.2. The predicted molar refractivity (Wildman–Crippen MR) is 156 cm³/mol. The lowest BCUT2D eigenvalue weighted by molar-refractivity contribution is -0.127. The number of carbonyl (C=O) groups excluding carboxylic acids is 2. The van der Waals surface area contributed by atoms with E-state index in [0.29, 0.717) is 49.0 Å². The van der Waals surface area contributed by atoms with E-state index in [-0.39, 0.29) is 11.8 Å². The van der Waals surface area contributed by atoms with E-state index in [9.17, 15) is 9.59 Å². The molecule has 0 bridgehead atoms. The van der Waals surface area contributed by atoms with Gasteiger partial charge in [-0.1, -0.05) is 66.7 Å². The van der Waals surface area contributed by atoms with Crippen LogP contribution >= 0.6 is 0 Å². The summed E-state index contributed by atoms with van der Waals surface area (Å²) in [6.45, 7) is 1.72. The number of ether oxygens (including phenoxy) is 3. The van der Waals surface area contributed by atoms with Gasteiger partial charge >= 0.3 is 0 Å². The van der Waals surface area contributed by atoms with Crippen molar-refractivity contribution in [1.82, 2.24) is 9.80 Å². The second-order valence-corrected chi connectivity index (χ2v) is 9.52. The number of hydrogen-bond donors (Lipinski definition) is 0. The summed E-state index contributed by atoms with van der Waals surface area (Å²) in [5.41, 5.74) is 3.26. The molecular weight excluding hydrogens is 504 g/mol. The Bertz CT molecular complexity index is 1530. The van der Waals surface area contributed by atoms with Gasteiger partial charge in [-0.2, -0.15) is 0 Å². The Morgan fingerprint density at radius 2 is 1.23 bits per heavy atom. The van der Waals surface area contributed by atoms with Crippen molar-refractivity contribution < 1.29 is 23.8 Å². The summed E-state index contributed by atoms with van der Waals surface area (Å²) in [4.78, 5) is 30.4. The van der Waals surface area contributed by atoms with Crippen LogP contribution in [0.2, 0.25) is 0 Å². The minimum atomic E-state index is -0.150. The topological polar surface area (TPSA) is 68.3 Å². The van der Waals surface area contributed by atoms with E-state index in [0.717, 1.165) is 27.5 Å². The zero-order chi connectivity index (χ0) is 28.1. The molecule has 7 nitrogen and oxygen atoms in total. The van der Waals surface area contributed by atoms with Crippen LogP contribution in [0, 0.1) is 0 Å². The lowest BCUT2D eigenvalue weighted by Crippen LogP contribution is -2.50. The van der Waals surface area contributed by atoms with Gasteiger partial charge in [0.1, 0.15) is 0 Å². The number of benzene rings is 4. The second kappa shape index (κ2) is 11.9. The second-order valence-electron chi connectivity index (χ2n) is 9.52. The molecule has 0 saturated carbocycles. The van der Waals surface area contributed by atoms with Gasteiger partial charge < -0.3 is 24.0 Å². The first-order valence-corrected chi connectivity index (χ1v) is 13.2. The van der Waals surface area contributed by atoms with E-state index < -0.39 is 0 Å². The van der Waals surface area contributed by atoms with E-state index in [1.165, 1.54) is 21.3 Å². The Labute approximate surface area is 234 Å². The molecule has 0 radical (unpaired) electrons. The van der Waals surface area contributed by atoms with Crippen molar-refractivity contribution in [2.75, 3.05) is 47.5 Å². The highest BCUT2D eigenvalue weighted by Gasteiger charge is 2.26. The molecule has 0 N–H and O–H groups in total. The third-order valence-electron chi connectivity index (χ3n) is 7.20. The summed E-state index contributed by atoms with van der Waals surface area (Å²) in [5, 5.41) is 2.27. The highest BCUT2D eigenvalue weighted by Crippen LogP contribution is 2.38. The molecule has 0 unspecified atom stereocenters. The van der Waals surface area contributed by atoms with Crippen LogP contribution in [-0.4, -0.2) is 69.1 Å². The van der Waals surface area contributed by atoms with Gasteiger partial charge in [0.2, 0.25) is 11.7 Å². The average molecular weight is 537 g/mol. The Morgan fingerprint density at radius 3 is 1.85 bits per heavy atom. The molecule has 1 heterocycles. The van der Waals surface area contributed by atoms with Crippen molar-refractivity contribution in [1.29, 1.82) is 0 Å². The highest BCUT2D eigenvalue weighted by atomic mass is 16.5. The summed E-state index contributed by atoms with van der Waals surface area (Å²) in [7, 11) is 4.56. The van der Waals surface area contributed by atoms with E-state index in [1.807, 2.05) is 42.5 Å². The molecule has 0 spiro atoms. The van der Waals surface area contributed by atoms with E-state index in [4.69, 9.17) is 14.2 Å². The van der Waals surface area contributed by atoms with Gasteiger partial charge in [0.25, 0.3) is 5.91 Å². The first-order valence-electron chi connectivity index (χ1n) is 13.2. The Morgan fingerprint density at radius 1 is 0.625 bits per heavy atom. The van der Waals surface area contributed by atoms with E-state index in [2.05, 4.69) is 30.3 Å². The van der Waals surface area contributed by atoms with Gasteiger partial charge in [-0.3, -0.25) is 9.59 Å². The summed E-state index contributed by atoms with van der Waals surface area (Å²) in [6, 6.07) is 27.7. The normalized spacial score (nSPS) is 13.7. The average Bonchev–Trinajstić information content (AvgIpc) is 3.02. The number of hydrogen-bond acceptors (Lipinski definition) is 5. The maximum absolute atomic E-state index is 13.5. The lowest BCUT2D eigenvalue weighted by atomic mass is 9.95. The third-order valence-corrected chi connectivity index (χ3v) is 7.20. The molecule has 4 aromatic carbocycles. The van der Waals surface area contributed by atoms with Gasteiger partial charge in [-0.15, -0.1) is 0 Å². The van der Waals surface area contributed by atoms with Gasteiger partial charge in [0, 0.05) is 37.8 Å². The first kappa shape index (κ1) is 26.8. The van der Waals surface area contributed by atoms with Crippen molar-refractivity contribution in [3.63, 3.8) is 0 Å². The Balaban J connectivity index is 1.35. The van der Waals surface area contributed by atoms with Crippen molar-refractivity contribution in [3.05, 3.63) is 108 Å². The van der Waals surface area contributed by atoms with Crippen LogP contribution in [0.5, 0.6) is 17.2 Å². The van der Waals surface area contributed by atoms with Crippen molar-refractivity contribution >= 4 is 28.2 Å². The van der Waals surface area contributed by atoms with E-state index >= 15 is 0 Å². The summed E-state index contributed by atoms with van der Waals surface area (Å²) in [5.74, 6) is 1.05. The molecule has 1 aliphatic rings. The van der Waals surface area contributed by atoms with Gasteiger partial charge in [0.05, 0.1) is 21.3 Å². The van der Waals surface area contributed by atoms with Crippen LogP contribution in [-0.2, 0) is 4.79 Å². The molecule has 1 saturated heterocycles. The molecule has 0 atom stereocenters. The number of methoxy groups -OCH3 is 3. The minimum Gasteiger partial charge on any atom is -0.493 e. The standard InChI is InChI=1S/C33H32N2O5/c1-38-29-20-27(21-30(39-2)32(29)40-3)33(37)35-17-15-34(16-18-35)31(36)22-28(24-10-5-4-6-11-24)26-14-13-23-9-7-8-12-25(23)19-26/h4-14,19-22H,15-18H2,1-3H3/b28-22-. The van der Waals surface area contributed by atoms with Crippen LogP contribution in [0.15, 0.2) is 91.0 Å². The maximum atomic E-state index is 13.5. The summed E-state index contributed by atoms with van der Waals surface area (Å²) in [6.07, 6.45) is 1.72. The fourth-order valence-corrected chi connectivity index (χ4v) is 5.04. The van der Waals surface area contributed by atoms with Crippen molar-refractivity contribution in [3.8, 4) is 17.2 Å². The van der Waals surface area contributed by atoms with E-state index in [1.54, 1.807) is 28.0 Å². The number of rotatable bonds is 7. The van der Waals surface area contributed by atoms with Crippen molar-refractivity contribution in [2.24, 2.45) is 0 Å². The number of carbonyl (C=O) groups is 2. The van der Waals surface area contributed by atoms with Crippen LogP contribution in [0.3, 0.4) is 0 Å². The van der Waals surface area contributed by atoms with Crippen molar-refractivity contribution in [2.45, 2.75) is 0 Å². The monoisotopic (exact) mass is 536 g/mol. The Hall–Kier alpha value is -4.78. The third kappa shape index (κ3) is 5.50. The summed E-state index contributed by atoms with van der Waals surface area (Å²) >= 11 is 0. The maximum Gasteiger partial charge on any atom is 0.254 e. The zero-order valence-electron chi connectivity index (χ0n) is 22.9. The molecule has 0 aromatic heterocycles. The zero-order valence-corrected chi connectivity index (χ0v) is 22.9. The molecule has 1 aliphatic heterocycles. The fourth-order valence-electron chi connectivity index (χ4n) is 5.04. The van der Waals surface area contributed by atoms with Crippen LogP contribution in [0.25, 0.3) is 16.3 Å². The molecule has 40 heavy (non-hydrogen) atoms. The molecule has 2 amide bonds. The SMILES string of the molecule is COc1cc(C(=O)N2CCN(C(=O)/C=C(/c3ccccc3)c3ccc4ccccc4c3)CC2)cc(OC)c1OC. The molecule has 5 rings (SSSR count). The minimum absolute atomic E-state index is 0.0769. The largest absolute Gasteiger partial charge is 0.493 e. The van der Waals surface area contributed by atoms with Crippen LogP contribution < -0.4 is 14.2 Å².